The maximum Gasteiger partial charge on any atom is 0.338 e. The average molecular weight is 439 g/mol. The maximum absolute atomic E-state index is 12.9. The zero-order valence-corrected chi connectivity index (χ0v) is 18.0. The third-order valence-electron chi connectivity index (χ3n) is 4.07. The molecule has 0 spiro atoms. The lowest BCUT2D eigenvalue weighted by atomic mass is 10.1. The van der Waals surface area contributed by atoms with Gasteiger partial charge in [0.25, 0.3) is 0 Å². The second-order valence-electron chi connectivity index (χ2n) is 6.25. The van der Waals surface area contributed by atoms with Gasteiger partial charge in [-0.05, 0) is 61.9 Å². The number of esters is 1. The Balaban J connectivity index is 2.25. The number of hydrogen-bond donors (Lipinski definition) is 1. The van der Waals surface area contributed by atoms with E-state index in [0.717, 1.165) is 10.6 Å². The lowest BCUT2D eigenvalue weighted by molar-refractivity contribution is -0.117. The van der Waals surface area contributed by atoms with Crippen molar-refractivity contribution in [2.75, 3.05) is 22.5 Å². The highest BCUT2D eigenvalue weighted by atomic mass is 35.5. The summed E-state index contributed by atoms with van der Waals surface area (Å²) in [4.78, 5) is 24.6. The van der Waals surface area contributed by atoms with E-state index in [1.165, 1.54) is 12.1 Å². The van der Waals surface area contributed by atoms with Crippen molar-refractivity contribution >= 4 is 44.9 Å². The lowest BCUT2D eigenvalue weighted by Gasteiger charge is -2.30. The van der Waals surface area contributed by atoms with Gasteiger partial charge >= 0.3 is 5.97 Å². The van der Waals surface area contributed by atoms with E-state index in [0.29, 0.717) is 22.0 Å². The van der Waals surface area contributed by atoms with Crippen molar-refractivity contribution in [2.24, 2.45) is 0 Å². The highest BCUT2D eigenvalue weighted by molar-refractivity contribution is 7.92. The molecule has 1 amide bonds. The number of halogens is 1. The highest BCUT2D eigenvalue weighted by Gasteiger charge is 2.31. The summed E-state index contributed by atoms with van der Waals surface area (Å²) in [5, 5.41) is 3.16. The first-order valence-electron chi connectivity index (χ1n) is 9.00. The van der Waals surface area contributed by atoms with Crippen molar-refractivity contribution in [1.82, 2.24) is 0 Å². The topological polar surface area (TPSA) is 92.8 Å². The Morgan fingerprint density at radius 3 is 2.14 bits per heavy atom. The molecule has 156 valence electrons. The van der Waals surface area contributed by atoms with Crippen LogP contribution in [-0.4, -0.2) is 39.2 Å². The molecule has 1 atom stereocenters. The molecule has 0 bridgehead atoms. The molecule has 29 heavy (non-hydrogen) atoms. The van der Waals surface area contributed by atoms with Gasteiger partial charge in [-0.3, -0.25) is 9.10 Å². The van der Waals surface area contributed by atoms with E-state index in [2.05, 4.69) is 5.32 Å². The fraction of sp³-hybridized carbons (Fsp3) is 0.300. The van der Waals surface area contributed by atoms with Crippen LogP contribution in [-0.2, 0) is 19.6 Å². The second kappa shape index (κ2) is 9.76. The smallest absolute Gasteiger partial charge is 0.338 e. The summed E-state index contributed by atoms with van der Waals surface area (Å²) in [5.74, 6) is -0.945. The van der Waals surface area contributed by atoms with Gasteiger partial charge in [-0.1, -0.05) is 18.5 Å². The number of nitrogens with one attached hydrogen (secondary N) is 1. The van der Waals surface area contributed by atoms with Gasteiger partial charge in [0.05, 0.1) is 24.1 Å². The van der Waals surface area contributed by atoms with Crippen molar-refractivity contribution < 1.29 is 22.7 Å². The molecule has 0 fully saturated rings. The van der Waals surface area contributed by atoms with Crippen molar-refractivity contribution in [3.8, 4) is 0 Å². The van der Waals surface area contributed by atoms with Gasteiger partial charge < -0.3 is 10.1 Å². The van der Waals surface area contributed by atoms with Crippen LogP contribution in [0.1, 0.15) is 30.6 Å². The van der Waals surface area contributed by atoms with Crippen LogP contribution in [0.2, 0.25) is 5.02 Å². The standard InChI is InChI=1S/C20H23ClN2O5S/c1-4-18(23(29(3,26)27)17-12-8-15(21)9-13-17)19(24)22-16-10-6-14(7-11-16)20(25)28-5-2/h6-13,18H,4-5H2,1-3H3,(H,22,24)/t18-/m0/s1. The molecule has 0 radical (unpaired) electrons. The zero-order chi connectivity index (χ0) is 21.6. The van der Waals surface area contributed by atoms with Gasteiger partial charge in [0.2, 0.25) is 15.9 Å². The predicted octanol–water partition coefficient (Wildman–Crippen LogP) is 3.70. The molecule has 0 aliphatic carbocycles. The SMILES string of the molecule is CCOC(=O)c1ccc(NC(=O)[C@H](CC)N(c2ccc(Cl)cc2)S(C)(=O)=O)cc1. The summed E-state index contributed by atoms with van der Waals surface area (Å²) >= 11 is 5.89. The van der Waals surface area contributed by atoms with Gasteiger partial charge in [0.1, 0.15) is 6.04 Å². The van der Waals surface area contributed by atoms with E-state index in [1.54, 1.807) is 50.2 Å². The van der Waals surface area contributed by atoms with Crippen molar-refractivity contribution in [3.05, 3.63) is 59.1 Å². The molecule has 9 heteroatoms. The van der Waals surface area contributed by atoms with Gasteiger partial charge in [0.15, 0.2) is 0 Å². The Morgan fingerprint density at radius 1 is 1.07 bits per heavy atom. The van der Waals surface area contributed by atoms with E-state index in [4.69, 9.17) is 16.3 Å². The summed E-state index contributed by atoms with van der Waals surface area (Å²) in [6.45, 7) is 3.70. The first-order chi connectivity index (χ1) is 13.7. The maximum atomic E-state index is 12.9. The molecule has 0 aromatic heterocycles. The normalized spacial score (nSPS) is 12.1. The van der Waals surface area contributed by atoms with Gasteiger partial charge in [-0.2, -0.15) is 0 Å². The number of hydrogen-bond acceptors (Lipinski definition) is 5. The number of ether oxygens (including phenoxy) is 1. The van der Waals surface area contributed by atoms with Crippen molar-refractivity contribution in [2.45, 2.75) is 26.3 Å². The zero-order valence-electron chi connectivity index (χ0n) is 16.4. The minimum Gasteiger partial charge on any atom is -0.462 e. The van der Waals surface area contributed by atoms with Gasteiger partial charge in [0, 0.05) is 10.7 Å². The molecule has 2 aromatic carbocycles. The molecule has 1 N–H and O–H groups in total. The van der Waals surface area contributed by atoms with Crippen LogP contribution in [0.25, 0.3) is 0 Å². The molecule has 7 nitrogen and oxygen atoms in total. The number of nitrogens with zero attached hydrogens (tertiary/aromatic N) is 1. The Bertz CT molecular complexity index is 959. The molecule has 0 saturated heterocycles. The monoisotopic (exact) mass is 438 g/mol. The van der Waals surface area contributed by atoms with E-state index in [9.17, 15) is 18.0 Å². The molecular weight excluding hydrogens is 416 g/mol. The Hall–Kier alpha value is -2.58. The number of benzene rings is 2. The van der Waals surface area contributed by atoms with Crippen molar-refractivity contribution in [3.63, 3.8) is 0 Å². The summed E-state index contributed by atoms with van der Waals surface area (Å²) in [6.07, 6.45) is 1.30. The lowest BCUT2D eigenvalue weighted by Crippen LogP contribution is -2.47. The predicted molar refractivity (Wildman–Crippen MR) is 114 cm³/mol. The van der Waals surface area contributed by atoms with Crippen LogP contribution >= 0.6 is 11.6 Å². The third-order valence-corrected chi connectivity index (χ3v) is 5.51. The van der Waals surface area contributed by atoms with Crippen LogP contribution in [0.3, 0.4) is 0 Å². The summed E-state index contributed by atoms with van der Waals surface area (Å²) in [6, 6.07) is 11.4. The van der Waals surface area contributed by atoms with E-state index < -0.39 is 27.9 Å². The third kappa shape index (κ3) is 5.95. The number of carbonyl (C=O) groups excluding carboxylic acids is 2. The van der Waals surface area contributed by atoms with Gasteiger partial charge in [-0.25, -0.2) is 13.2 Å². The van der Waals surface area contributed by atoms with Gasteiger partial charge in [-0.15, -0.1) is 0 Å². The molecule has 0 saturated carbocycles. The van der Waals surface area contributed by atoms with E-state index >= 15 is 0 Å². The minimum absolute atomic E-state index is 0.252. The number of sulfonamides is 1. The summed E-state index contributed by atoms with van der Waals surface area (Å²) in [7, 11) is -3.74. The first kappa shape index (κ1) is 22.7. The van der Waals surface area contributed by atoms with Crippen LogP contribution in [0, 0.1) is 0 Å². The van der Waals surface area contributed by atoms with E-state index in [-0.39, 0.29) is 13.0 Å². The Morgan fingerprint density at radius 2 is 1.66 bits per heavy atom. The van der Waals surface area contributed by atoms with Crippen LogP contribution in [0.15, 0.2) is 48.5 Å². The fourth-order valence-corrected chi connectivity index (χ4v) is 4.12. The molecule has 0 heterocycles. The first-order valence-corrected chi connectivity index (χ1v) is 11.2. The minimum atomic E-state index is -3.74. The fourth-order valence-electron chi connectivity index (χ4n) is 2.78. The number of anilines is 2. The van der Waals surface area contributed by atoms with Crippen LogP contribution in [0.4, 0.5) is 11.4 Å². The molecule has 2 aromatic rings. The number of carbonyl (C=O) groups is 2. The molecule has 0 aliphatic rings. The van der Waals surface area contributed by atoms with E-state index in [1.807, 2.05) is 0 Å². The highest BCUT2D eigenvalue weighted by Crippen LogP contribution is 2.25. The number of amides is 1. The van der Waals surface area contributed by atoms with Crippen LogP contribution < -0.4 is 9.62 Å². The van der Waals surface area contributed by atoms with Crippen LogP contribution in [0.5, 0.6) is 0 Å². The largest absolute Gasteiger partial charge is 0.462 e. The molecule has 0 aliphatic heterocycles. The average Bonchev–Trinajstić information content (AvgIpc) is 2.66. The quantitative estimate of drug-likeness (QED) is 0.634. The second-order valence-corrected chi connectivity index (χ2v) is 8.54. The summed E-state index contributed by atoms with van der Waals surface area (Å²) < 4.78 is 30.8. The number of rotatable bonds is 8. The summed E-state index contributed by atoms with van der Waals surface area (Å²) in [5.41, 5.74) is 1.14. The molecule has 0 unspecified atom stereocenters. The molecular formula is C20H23ClN2O5S. The Labute approximate surface area is 175 Å². The Kier molecular flexibility index (Phi) is 7.64. The van der Waals surface area contributed by atoms with Crippen molar-refractivity contribution in [1.29, 1.82) is 0 Å². The molecule has 2 rings (SSSR count).